The zero-order valence-electron chi connectivity index (χ0n) is 14.8. The monoisotopic (exact) mass is 373 g/mol. The quantitative estimate of drug-likeness (QED) is 0.595. The zero-order chi connectivity index (χ0) is 19.1. The van der Waals surface area contributed by atoms with Gasteiger partial charge in [0, 0.05) is 24.0 Å². The van der Waals surface area contributed by atoms with Gasteiger partial charge in [-0.25, -0.2) is 9.07 Å². The van der Waals surface area contributed by atoms with Gasteiger partial charge in [0.25, 0.3) is 5.91 Å². The van der Waals surface area contributed by atoms with Crippen LogP contribution in [-0.4, -0.2) is 25.7 Å². The van der Waals surface area contributed by atoms with E-state index in [1.165, 1.54) is 12.1 Å². The first-order chi connectivity index (χ1) is 13.7. The molecule has 0 atom stereocenters. The second kappa shape index (κ2) is 6.23. The molecule has 0 spiro atoms. The number of halogens is 1. The van der Waals surface area contributed by atoms with Crippen molar-refractivity contribution >= 4 is 16.8 Å². The highest BCUT2D eigenvalue weighted by Crippen LogP contribution is 2.45. The van der Waals surface area contributed by atoms with E-state index < -0.39 is 0 Å². The minimum atomic E-state index is -0.338. The molecule has 0 radical (unpaired) electrons. The first-order valence-electron chi connectivity index (χ1n) is 8.97. The summed E-state index contributed by atoms with van der Waals surface area (Å²) in [6.45, 7) is 0. The van der Waals surface area contributed by atoms with E-state index in [0.29, 0.717) is 22.2 Å². The fourth-order valence-electron chi connectivity index (χ4n) is 3.48. The number of carbonyl (C=O) groups is 1. The van der Waals surface area contributed by atoms with E-state index in [0.717, 1.165) is 18.4 Å². The highest BCUT2D eigenvalue weighted by Gasteiger charge is 2.45. The molecule has 1 saturated carbocycles. The van der Waals surface area contributed by atoms with E-state index in [-0.39, 0.29) is 17.3 Å². The summed E-state index contributed by atoms with van der Waals surface area (Å²) in [4.78, 5) is 21.3. The maximum Gasteiger partial charge on any atom is 0.254 e. The average Bonchev–Trinajstić information content (AvgIpc) is 3.38. The first-order valence-corrected chi connectivity index (χ1v) is 8.97. The third-order valence-corrected chi connectivity index (χ3v) is 5.15. The summed E-state index contributed by atoms with van der Waals surface area (Å²) in [5.41, 5.74) is 2.57. The van der Waals surface area contributed by atoms with Crippen LogP contribution in [0.1, 0.15) is 28.8 Å². The molecule has 0 bridgehead atoms. The van der Waals surface area contributed by atoms with Crippen LogP contribution in [0.5, 0.6) is 0 Å². The molecule has 5 rings (SSSR count). The number of pyridine rings is 2. The van der Waals surface area contributed by atoms with Crippen molar-refractivity contribution in [1.29, 1.82) is 0 Å². The van der Waals surface area contributed by atoms with E-state index in [1.54, 1.807) is 47.8 Å². The Hall–Kier alpha value is -3.61. The summed E-state index contributed by atoms with van der Waals surface area (Å²) < 4.78 is 14.9. The van der Waals surface area contributed by atoms with Gasteiger partial charge in [-0.15, -0.1) is 0 Å². The smallest absolute Gasteiger partial charge is 0.254 e. The lowest BCUT2D eigenvalue weighted by atomic mass is 10.1. The van der Waals surface area contributed by atoms with Crippen LogP contribution >= 0.6 is 0 Å². The van der Waals surface area contributed by atoms with E-state index in [2.05, 4.69) is 20.4 Å². The number of hydrogen-bond donors (Lipinski definition) is 1. The molecule has 4 aromatic rings. The Morgan fingerprint density at radius 2 is 1.75 bits per heavy atom. The van der Waals surface area contributed by atoms with Crippen molar-refractivity contribution in [3.8, 4) is 5.69 Å². The van der Waals surface area contributed by atoms with Crippen molar-refractivity contribution in [1.82, 2.24) is 25.1 Å². The van der Waals surface area contributed by atoms with Crippen LogP contribution < -0.4 is 5.32 Å². The average molecular weight is 373 g/mol. The molecule has 1 aliphatic rings. The standard InChI is InChI=1S/C21H16FN5O/c22-15-1-3-16(4-2-15)27-19-13-24-11-18(17(19)12-25-27)20(28)26-21(7-8-21)14-5-9-23-10-6-14/h1-6,9-13H,7-8H2,(H,26,28). The van der Waals surface area contributed by atoms with Crippen molar-refractivity contribution in [2.45, 2.75) is 18.4 Å². The second-order valence-corrected chi connectivity index (χ2v) is 6.92. The minimum Gasteiger partial charge on any atom is -0.342 e. The summed E-state index contributed by atoms with van der Waals surface area (Å²) in [7, 11) is 0. The van der Waals surface area contributed by atoms with Crippen LogP contribution in [0, 0.1) is 5.82 Å². The van der Waals surface area contributed by atoms with Gasteiger partial charge in [0.1, 0.15) is 5.82 Å². The molecule has 1 fully saturated rings. The van der Waals surface area contributed by atoms with Gasteiger partial charge < -0.3 is 5.32 Å². The number of nitrogens with one attached hydrogen (secondary N) is 1. The third-order valence-electron chi connectivity index (χ3n) is 5.15. The Labute approximate surface area is 160 Å². The summed E-state index contributed by atoms with van der Waals surface area (Å²) in [5.74, 6) is -0.504. The van der Waals surface area contributed by atoms with Gasteiger partial charge in [-0.1, -0.05) is 0 Å². The van der Waals surface area contributed by atoms with Crippen molar-refractivity contribution in [3.63, 3.8) is 0 Å². The molecule has 138 valence electrons. The molecule has 0 unspecified atom stereocenters. The van der Waals surface area contributed by atoms with Crippen molar-refractivity contribution in [2.75, 3.05) is 0 Å². The zero-order valence-corrected chi connectivity index (χ0v) is 14.8. The Kier molecular flexibility index (Phi) is 3.68. The van der Waals surface area contributed by atoms with E-state index in [4.69, 9.17) is 0 Å². The van der Waals surface area contributed by atoms with Crippen LogP contribution in [0.2, 0.25) is 0 Å². The van der Waals surface area contributed by atoms with Gasteiger partial charge in [-0.3, -0.25) is 14.8 Å². The van der Waals surface area contributed by atoms with Crippen molar-refractivity contribution in [2.24, 2.45) is 0 Å². The van der Waals surface area contributed by atoms with E-state index >= 15 is 0 Å². The SMILES string of the molecule is O=C(NC1(c2ccncc2)CC1)c1cncc2c1cnn2-c1ccc(F)cc1. The van der Waals surface area contributed by atoms with Crippen LogP contribution in [-0.2, 0) is 5.54 Å². The lowest BCUT2D eigenvalue weighted by molar-refractivity contribution is 0.0932. The lowest BCUT2D eigenvalue weighted by Gasteiger charge is -2.18. The molecule has 3 heterocycles. The molecular formula is C21H16FN5O. The topological polar surface area (TPSA) is 72.7 Å². The number of rotatable bonds is 4. The van der Waals surface area contributed by atoms with Gasteiger partial charge in [-0.05, 0) is 54.8 Å². The molecule has 1 amide bonds. The number of nitrogens with zero attached hydrogens (tertiary/aromatic N) is 4. The fourth-order valence-corrected chi connectivity index (χ4v) is 3.48. The number of hydrogen-bond acceptors (Lipinski definition) is 4. The van der Waals surface area contributed by atoms with Crippen molar-refractivity contribution in [3.05, 3.63) is 84.3 Å². The van der Waals surface area contributed by atoms with Crippen LogP contribution in [0.4, 0.5) is 4.39 Å². The Balaban J connectivity index is 1.50. The summed E-state index contributed by atoms with van der Waals surface area (Å²) in [6, 6.07) is 9.88. The molecule has 1 N–H and O–H groups in total. The fraction of sp³-hybridized carbons (Fsp3) is 0.143. The number of carbonyl (C=O) groups excluding carboxylic acids is 1. The Morgan fingerprint density at radius 3 is 2.46 bits per heavy atom. The predicted molar refractivity (Wildman–Crippen MR) is 101 cm³/mol. The first kappa shape index (κ1) is 16.6. The normalized spacial score (nSPS) is 14.8. The number of amides is 1. The molecule has 6 nitrogen and oxygen atoms in total. The number of aromatic nitrogens is 4. The van der Waals surface area contributed by atoms with E-state index in [9.17, 15) is 9.18 Å². The molecular weight excluding hydrogens is 357 g/mol. The van der Waals surface area contributed by atoms with Gasteiger partial charge in [0.2, 0.25) is 0 Å². The Bertz CT molecular complexity index is 1170. The van der Waals surface area contributed by atoms with Gasteiger partial charge in [-0.2, -0.15) is 5.10 Å². The van der Waals surface area contributed by atoms with Gasteiger partial charge in [0.15, 0.2) is 0 Å². The van der Waals surface area contributed by atoms with Crippen LogP contribution in [0.3, 0.4) is 0 Å². The third kappa shape index (κ3) is 2.72. The minimum absolute atomic E-state index is 0.189. The highest BCUT2D eigenvalue weighted by molar-refractivity contribution is 6.06. The Morgan fingerprint density at radius 1 is 1.00 bits per heavy atom. The molecule has 0 aliphatic heterocycles. The summed E-state index contributed by atoms with van der Waals surface area (Å²) in [6.07, 6.45) is 10.1. The highest BCUT2D eigenvalue weighted by atomic mass is 19.1. The molecule has 1 aromatic carbocycles. The van der Waals surface area contributed by atoms with Crippen LogP contribution in [0.15, 0.2) is 67.4 Å². The van der Waals surface area contributed by atoms with E-state index in [1.807, 2.05) is 12.1 Å². The maximum atomic E-state index is 13.2. The van der Waals surface area contributed by atoms with Gasteiger partial charge >= 0.3 is 0 Å². The molecule has 1 aliphatic carbocycles. The number of benzene rings is 1. The predicted octanol–water partition coefficient (Wildman–Crippen LogP) is 3.37. The van der Waals surface area contributed by atoms with Gasteiger partial charge in [0.05, 0.1) is 34.7 Å². The molecule has 7 heteroatoms. The summed E-state index contributed by atoms with van der Waals surface area (Å²) >= 11 is 0. The lowest BCUT2D eigenvalue weighted by Crippen LogP contribution is -2.35. The van der Waals surface area contributed by atoms with Crippen molar-refractivity contribution < 1.29 is 9.18 Å². The largest absolute Gasteiger partial charge is 0.342 e. The molecule has 0 saturated heterocycles. The second-order valence-electron chi connectivity index (χ2n) is 6.92. The maximum absolute atomic E-state index is 13.2. The number of fused-ring (bicyclic) bond motifs is 1. The van der Waals surface area contributed by atoms with Crippen LogP contribution in [0.25, 0.3) is 16.6 Å². The molecule has 3 aromatic heterocycles. The molecule has 28 heavy (non-hydrogen) atoms. The summed E-state index contributed by atoms with van der Waals surface area (Å²) in [5, 5.41) is 8.23.